The number of imide groups is 1. The van der Waals surface area contributed by atoms with Crippen molar-refractivity contribution in [1.29, 1.82) is 0 Å². The average Bonchev–Trinajstić information content (AvgIpc) is 3.08. The van der Waals surface area contributed by atoms with E-state index in [2.05, 4.69) is 10.3 Å². The molecule has 162 valence electrons. The van der Waals surface area contributed by atoms with Crippen molar-refractivity contribution in [3.63, 3.8) is 0 Å². The summed E-state index contributed by atoms with van der Waals surface area (Å²) < 4.78 is 7.29. The van der Waals surface area contributed by atoms with Gasteiger partial charge in [-0.05, 0) is 19.1 Å². The van der Waals surface area contributed by atoms with Crippen LogP contribution in [-0.4, -0.2) is 101 Å². The van der Waals surface area contributed by atoms with E-state index in [0.29, 0.717) is 30.5 Å². The van der Waals surface area contributed by atoms with Gasteiger partial charge in [-0.25, -0.2) is 9.37 Å². The van der Waals surface area contributed by atoms with Crippen molar-refractivity contribution >= 4 is 23.7 Å². The van der Waals surface area contributed by atoms with Crippen LogP contribution in [0.1, 0.15) is 12.0 Å². The number of fused-ring (bicyclic) bond motifs is 1. The molecule has 0 aromatic heterocycles. The third-order valence-corrected chi connectivity index (χ3v) is 5.02. The maximum Gasteiger partial charge on any atom is 0.390 e. The number of likely N-dealkylation sites (N-methyl/N-ethyl adjacent to an activating group) is 2. The molecule has 0 aliphatic carbocycles. The highest BCUT2D eigenvalue weighted by Gasteiger charge is 2.51. The Bertz CT molecular complexity index is 867. The van der Waals surface area contributed by atoms with Crippen LogP contribution in [0.25, 0.3) is 0 Å². The highest BCUT2D eigenvalue weighted by molar-refractivity contribution is 6.22. The van der Waals surface area contributed by atoms with Crippen molar-refractivity contribution < 1.29 is 29.1 Å². The highest BCUT2D eigenvalue weighted by Crippen LogP contribution is 2.19. The first-order chi connectivity index (χ1) is 14.3. The second kappa shape index (κ2) is 9.23. The molecule has 3 rings (SSSR count). The van der Waals surface area contributed by atoms with Gasteiger partial charge in [-0.2, -0.15) is 0 Å². The Morgan fingerprint density at radius 3 is 2.60 bits per heavy atom. The number of hydrogen-bond acceptors (Lipinski definition) is 7. The summed E-state index contributed by atoms with van der Waals surface area (Å²) in [6.07, 6.45) is -0.411. The fraction of sp³-hybridized carbons (Fsp3) is 0.500. The standard InChI is InChI=1S/C20H27N5O5/c1-13-5-7-15(8-6-13)30-12-14(27)11-25-16-17(22-19(25)21-9-4-10-26)23(2)20(29)24(3)18(16)28/h5-8,14,16,26-27H,4,9-12H2,1-3H3/p+1. The van der Waals surface area contributed by atoms with Crippen LogP contribution < -0.4 is 10.1 Å². The topological polar surface area (TPSA) is 118 Å². The second-order valence-electron chi connectivity index (χ2n) is 7.37. The monoisotopic (exact) mass is 418 g/mol. The summed E-state index contributed by atoms with van der Waals surface area (Å²) >= 11 is 0. The van der Waals surface area contributed by atoms with Crippen LogP contribution >= 0.6 is 0 Å². The number of nitrogens with zero attached hydrogens (tertiary/aromatic N) is 4. The predicted molar refractivity (Wildman–Crippen MR) is 110 cm³/mol. The molecule has 2 atom stereocenters. The third-order valence-electron chi connectivity index (χ3n) is 5.02. The number of aliphatic hydroxyl groups excluding tert-OH is 2. The molecule has 0 spiro atoms. The Morgan fingerprint density at radius 1 is 1.23 bits per heavy atom. The Hall–Kier alpha value is -2.98. The number of carbonyl (C=O) groups is 2. The zero-order chi connectivity index (χ0) is 21.8. The summed E-state index contributed by atoms with van der Waals surface area (Å²) in [7, 11) is 2.98. The number of ether oxygens (including phenoxy) is 1. The van der Waals surface area contributed by atoms with Crippen LogP contribution in [0, 0.1) is 6.92 Å². The van der Waals surface area contributed by atoms with E-state index >= 15 is 0 Å². The minimum atomic E-state index is -0.906. The first-order valence-corrected chi connectivity index (χ1v) is 9.83. The molecule has 1 fully saturated rings. The molecule has 10 nitrogen and oxygen atoms in total. The lowest BCUT2D eigenvalue weighted by atomic mass is 10.1. The maximum absolute atomic E-state index is 12.8. The number of amides is 3. The molecule has 3 N–H and O–H groups in total. The van der Waals surface area contributed by atoms with E-state index in [4.69, 9.17) is 9.84 Å². The number of nitrogens with one attached hydrogen (secondary N) is 1. The van der Waals surface area contributed by atoms with Gasteiger partial charge in [0.1, 0.15) is 18.5 Å². The van der Waals surface area contributed by atoms with Crippen molar-refractivity contribution in [1.82, 2.24) is 15.1 Å². The number of amidine groups is 1. The first-order valence-electron chi connectivity index (χ1n) is 9.83. The number of guanidine groups is 1. The molecule has 2 heterocycles. The lowest BCUT2D eigenvalue weighted by Crippen LogP contribution is -2.62. The van der Waals surface area contributed by atoms with Gasteiger partial charge < -0.3 is 14.9 Å². The lowest BCUT2D eigenvalue weighted by molar-refractivity contribution is -0.545. The number of β-amino-alcohol motifs (C(OH)–C–C–N with tert-alkyl or cyclic N) is 1. The minimum absolute atomic E-state index is 0.00729. The molecule has 1 aromatic carbocycles. The smallest absolute Gasteiger partial charge is 0.390 e. The fourth-order valence-corrected chi connectivity index (χ4v) is 3.32. The number of aliphatic hydroxyl groups is 2. The van der Waals surface area contributed by atoms with Crippen LogP contribution in [0.4, 0.5) is 4.79 Å². The van der Waals surface area contributed by atoms with Crippen molar-refractivity contribution in [3.05, 3.63) is 29.8 Å². The minimum Gasteiger partial charge on any atom is -0.491 e. The molecule has 2 aliphatic heterocycles. The Balaban J connectivity index is 1.76. The third kappa shape index (κ3) is 4.44. The number of urea groups is 1. The number of carbonyl (C=O) groups excluding carboxylic acids is 2. The van der Waals surface area contributed by atoms with Crippen molar-refractivity contribution in [3.8, 4) is 5.75 Å². The number of aliphatic imine (C=N–C) groups is 1. The summed E-state index contributed by atoms with van der Waals surface area (Å²) in [5.74, 6) is 0.909. The molecule has 1 aromatic rings. The van der Waals surface area contributed by atoms with E-state index in [1.54, 1.807) is 11.6 Å². The molecule has 30 heavy (non-hydrogen) atoms. The van der Waals surface area contributed by atoms with Crippen molar-refractivity contribution in [2.75, 3.05) is 40.4 Å². The molecule has 0 bridgehead atoms. The van der Waals surface area contributed by atoms with Crippen molar-refractivity contribution in [2.45, 2.75) is 25.5 Å². The van der Waals surface area contributed by atoms with Gasteiger partial charge in [0.05, 0.1) is 13.1 Å². The van der Waals surface area contributed by atoms with E-state index < -0.39 is 24.1 Å². The fourth-order valence-electron chi connectivity index (χ4n) is 3.32. The van der Waals surface area contributed by atoms with Crippen LogP contribution in [-0.2, 0) is 4.79 Å². The summed E-state index contributed by atoms with van der Waals surface area (Å²) in [6.45, 7) is 2.53. The van der Waals surface area contributed by atoms with Gasteiger partial charge >= 0.3 is 12.0 Å². The molecule has 2 unspecified atom stereocenters. The molecule has 0 radical (unpaired) electrons. The van der Waals surface area contributed by atoms with Gasteiger partial charge in [0.25, 0.3) is 5.91 Å². The molecule has 1 saturated heterocycles. The van der Waals surface area contributed by atoms with Gasteiger partial charge in [0, 0.05) is 27.1 Å². The molecular weight excluding hydrogens is 390 g/mol. The predicted octanol–water partition coefficient (Wildman–Crippen LogP) is -0.620. The van der Waals surface area contributed by atoms with E-state index in [0.717, 1.165) is 10.5 Å². The summed E-state index contributed by atoms with van der Waals surface area (Å²) in [5, 5.41) is 22.7. The molecule has 10 heteroatoms. The molecule has 2 aliphatic rings. The highest BCUT2D eigenvalue weighted by atomic mass is 16.5. The van der Waals surface area contributed by atoms with Gasteiger partial charge in [-0.15, -0.1) is 0 Å². The van der Waals surface area contributed by atoms with Gasteiger partial charge in [-0.3, -0.25) is 19.9 Å². The number of benzene rings is 1. The first kappa shape index (κ1) is 21.7. The Morgan fingerprint density at radius 2 is 1.93 bits per heavy atom. The summed E-state index contributed by atoms with van der Waals surface area (Å²) in [5.41, 5.74) is 1.11. The number of rotatable bonds is 8. The largest absolute Gasteiger partial charge is 0.491 e. The van der Waals surface area contributed by atoms with Crippen LogP contribution in [0.5, 0.6) is 5.75 Å². The Kier molecular flexibility index (Phi) is 6.68. The van der Waals surface area contributed by atoms with Gasteiger partial charge in [0.2, 0.25) is 11.9 Å². The van der Waals surface area contributed by atoms with Crippen LogP contribution in [0.15, 0.2) is 29.3 Å². The molecular formula is C20H28N5O5+. The van der Waals surface area contributed by atoms with Crippen LogP contribution in [0.3, 0.4) is 0 Å². The van der Waals surface area contributed by atoms with Crippen molar-refractivity contribution in [2.24, 2.45) is 4.99 Å². The lowest BCUT2D eigenvalue weighted by Gasteiger charge is -2.32. The van der Waals surface area contributed by atoms with Crippen LogP contribution in [0.2, 0.25) is 0 Å². The van der Waals surface area contributed by atoms with E-state index in [1.165, 1.54) is 11.9 Å². The summed E-state index contributed by atoms with van der Waals surface area (Å²) in [4.78, 5) is 31.9. The SMILES string of the molecule is Cc1ccc(OCC(O)C[N+]2=C(NCCCO)N=C3C2C(=O)N(C)C(=O)N3C)cc1. The normalized spacial score (nSPS) is 19.8. The molecule has 0 saturated carbocycles. The summed E-state index contributed by atoms with van der Waals surface area (Å²) in [6, 6.07) is 6.21. The molecule has 3 amide bonds. The van der Waals surface area contributed by atoms with Gasteiger partial charge in [0.15, 0.2) is 0 Å². The zero-order valence-corrected chi connectivity index (χ0v) is 17.4. The van der Waals surface area contributed by atoms with E-state index in [-0.39, 0.29) is 19.8 Å². The van der Waals surface area contributed by atoms with Gasteiger partial charge in [-0.1, -0.05) is 22.7 Å². The quantitative estimate of drug-likeness (QED) is 0.383. The van der Waals surface area contributed by atoms with E-state index in [9.17, 15) is 14.7 Å². The second-order valence-corrected chi connectivity index (χ2v) is 7.37. The number of aryl methyl sites for hydroxylation is 1. The average molecular weight is 418 g/mol. The number of hydrogen-bond donors (Lipinski definition) is 3. The van der Waals surface area contributed by atoms with E-state index in [1.807, 2.05) is 31.2 Å². The Labute approximate surface area is 175 Å². The maximum atomic E-state index is 12.8. The zero-order valence-electron chi connectivity index (χ0n) is 17.4.